The lowest BCUT2D eigenvalue weighted by atomic mass is 9.86. The van der Waals surface area contributed by atoms with Crippen LogP contribution in [0.15, 0.2) is 0 Å². The Morgan fingerprint density at radius 1 is 1.27 bits per heavy atom. The van der Waals surface area contributed by atoms with Crippen molar-refractivity contribution in [3.8, 4) is 0 Å². The number of methoxy groups -OCH3 is 1. The summed E-state index contributed by atoms with van der Waals surface area (Å²) >= 11 is 0. The van der Waals surface area contributed by atoms with Gasteiger partial charge in [-0.15, -0.1) is 0 Å². The van der Waals surface area contributed by atoms with Gasteiger partial charge in [0.1, 0.15) is 17.8 Å². The van der Waals surface area contributed by atoms with Gasteiger partial charge < -0.3 is 18.9 Å². The van der Waals surface area contributed by atoms with Crippen LogP contribution < -0.4 is 0 Å². The lowest BCUT2D eigenvalue weighted by Gasteiger charge is -2.44. The first-order valence-electron chi connectivity index (χ1n) is 7.82. The van der Waals surface area contributed by atoms with Crippen molar-refractivity contribution in [3.05, 3.63) is 0 Å². The molecule has 0 amide bonds. The fourth-order valence-electron chi connectivity index (χ4n) is 3.58. The molecule has 3 aliphatic heterocycles. The molecule has 6 nitrogen and oxygen atoms in total. The van der Waals surface area contributed by atoms with Gasteiger partial charge in [0.05, 0.1) is 15.7 Å². The Balaban J connectivity index is 1.79. The molecule has 3 fully saturated rings. The summed E-state index contributed by atoms with van der Waals surface area (Å²) in [7, 11) is 0.639. The van der Waals surface area contributed by atoms with Crippen molar-refractivity contribution in [2.24, 2.45) is 0 Å². The van der Waals surface area contributed by atoms with E-state index in [-0.39, 0.29) is 17.0 Å². The second-order valence-electron chi connectivity index (χ2n) is 7.71. The summed E-state index contributed by atoms with van der Waals surface area (Å²) in [5.74, 6) is -0.656. The van der Waals surface area contributed by atoms with Crippen LogP contribution in [0.5, 0.6) is 0 Å². The smallest absolute Gasteiger partial charge is 0.190 e. The molecule has 5 atom stereocenters. The molecule has 3 aliphatic rings. The Morgan fingerprint density at radius 2 is 1.95 bits per heavy atom. The van der Waals surface area contributed by atoms with Crippen molar-refractivity contribution in [2.45, 2.75) is 75.7 Å². The zero-order chi connectivity index (χ0) is 16.3. The molecule has 0 aliphatic carbocycles. The minimum Gasteiger partial charge on any atom is -0.372 e. The van der Waals surface area contributed by atoms with Gasteiger partial charge in [-0.3, -0.25) is 0 Å². The highest BCUT2D eigenvalue weighted by Crippen LogP contribution is 2.48. The molecule has 0 saturated carbocycles. The first kappa shape index (κ1) is 16.8. The summed E-state index contributed by atoms with van der Waals surface area (Å²) in [6.07, 6.45) is -0.120. The van der Waals surface area contributed by atoms with E-state index in [1.54, 1.807) is 7.11 Å². The Hall–Kier alpha value is -0.0500. The van der Waals surface area contributed by atoms with Crippen LogP contribution in [0.4, 0.5) is 0 Å². The SMILES string of the molecule is CO[C@]12CCN(S(=O)C(C)(C)C)C[C@H]1O[C@@H]1OC(C)(C)O[C@@H]12. The van der Waals surface area contributed by atoms with Crippen LogP contribution in [0.25, 0.3) is 0 Å². The molecule has 0 bridgehead atoms. The maximum absolute atomic E-state index is 12.6. The van der Waals surface area contributed by atoms with Crippen LogP contribution in [-0.4, -0.2) is 63.3 Å². The van der Waals surface area contributed by atoms with Gasteiger partial charge in [-0.1, -0.05) is 0 Å². The summed E-state index contributed by atoms with van der Waals surface area (Å²) in [5.41, 5.74) is -0.517. The molecule has 7 heteroatoms. The normalized spacial score (nSPS) is 42.9. The number of hydrogen-bond acceptors (Lipinski definition) is 5. The number of fused-ring (bicyclic) bond motifs is 3. The molecule has 3 saturated heterocycles. The van der Waals surface area contributed by atoms with Gasteiger partial charge in [-0.25, -0.2) is 8.51 Å². The Kier molecular flexibility index (Phi) is 3.99. The van der Waals surface area contributed by atoms with Crippen LogP contribution >= 0.6 is 0 Å². The van der Waals surface area contributed by atoms with Gasteiger partial charge in [0.15, 0.2) is 12.1 Å². The monoisotopic (exact) mass is 333 g/mol. The third kappa shape index (κ3) is 2.56. The first-order valence-corrected chi connectivity index (χ1v) is 8.93. The number of hydrogen-bond donors (Lipinski definition) is 0. The molecule has 3 rings (SSSR count). The average molecular weight is 333 g/mol. The fourth-order valence-corrected chi connectivity index (χ4v) is 4.89. The van der Waals surface area contributed by atoms with Crippen LogP contribution in [-0.2, 0) is 29.9 Å². The van der Waals surface area contributed by atoms with Crippen molar-refractivity contribution in [3.63, 3.8) is 0 Å². The molecule has 0 aromatic heterocycles. The van der Waals surface area contributed by atoms with Crippen molar-refractivity contribution in [1.29, 1.82) is 0 Å². The lowest BCUT2D eigenvalue weighted by molar-refractivity contribution is -0.239. The highest BCUT2D eigenvalue weighted by Gasteiger charge is 2.65. The fraction of sp³-hybridized carbons (Fsp3) is 1.00. The van der Waals surface area contributed by atoms with Gasteiger partial charge in [0.25, 0.3) is 0 Å². The van der Waals surface area contributed by atoms with Gasteiger partial charge in [-0.05, 0) is 41.0 Å². The topological polar surface area (TPSA) is 57.2 Å². The Bertz CT molecular complexity index is 477. The molecule has 0 N–H and O–H groups in total. The van der Waals surface area contributed by atoms with Gasteiger partial charge >= 0.3 is 0 Å². The van der Waals surface area contributed by atoms with Crippen LogP contribution in [0, 0.1) is 0 Å². The summed E-state index contributed by atoms with van der Waals surface area (Å²) in [6, 6.07) is 0. The van der Waals surface area contributed by atoms with E-state index in [4.69, 9.17) is 18.9 Å². The van der Waals surface area contributed by atoms with E-state index in [9.17, 15) is 4.21 Å². The summed E-state index contributed by atoms with van der Waals surface area (Å²) < 4.78 is 38.1. The number of ether oxygens (including phenoxy) is 4. The summed E-state index contributed by atoms with van der Waals surface area (Å²) in [6.45, 7) is 11.0. The van der Waals surface area contributed by atoms with E-state index in [2.05, 4.69) is 0 Å². The van der Waals surface area contributed by atoms with E-state index in [0.717, 1.165) is 6.42 Å². The quantitative estimate of drug-likeness (QED) is 0.765. The zero-order valence-corrected chi connectivity index (χ0v) is 15.1. The number of nitrogens with zero attached hydrogens (tertiary/aromatic N) is 1. The molecule has 0 spiro atoms. The van der Waals surface area contributed by atoms with E-state index in [0.29, 0.717) is 13.1 Å². The van der Waals surface area contributed by atoms with E-state index in [1.807, 2.05) is 38.9 Å². The van der Waals surface area contributed by atoms with Crippen molar-refractivity contribution in [2.75, 3.05) is 20.2 Å². The van der Waals surface area contributed by atoms with E-state index >= 15 is 0 Å². The zero-order valence-electron chi connectivity index (χ0n) is 14.3. The Morgan fingerprint density at radius 3 is 2.55 bits per heavy atom. The summed E-state index contributed by atoms with van der Waals surface area (Å²) in [5, 5.41) is 0. The average Bonchev–Trinajstić information content (AvgIpc) is 2.86. The molecular formula is C15H27NO5S. The number of rotatable bonds is 2. The lowest BCUT2D eigenvalue weighted by Crippen LogP contribution is -2.60. The highest BCUT2D eigenvalue weighted by molar-refractivity contribution is 7.84. The minimum absolute atomic E-state index is 0.191. The molecule has 128 valence electrons. The van der Waals surface area contributed by atoms with Crippen LogP contribution in [0.2, 0.25) is 0 Å². The van der Waals surface area contributed by atoms with Crippen molar-refractivity contribution < 1.29 is 23.2 Å². The number of piperidine rings is 1. The first-order chi connectivity index (χ1) is 10.1. The Labute approximate surface area is 135 Å². The maximum Gasteiger partial charge on any atom is 0.190 e. The molecule has 1 unspecified atom stereocenters. The standard InChI is InChI=1S/C15H27NO5S/c1-13(2,3)22(17)16-8-7-15(18-6)10(9-16)19-12-11(15)20-14(4,5)21-12/h10-12H,7-9H2,1-6H3/t10-,11+,12-,15-,22?/m1/s1. The second-order valence-corrected chi connectivity index (χ2v) is 9.95. The van der Waals surface area contributed by atoms with Gasteiger partial charge in [0.2, 0.25) is 0 Å². The van der Waals surface area contributed by atoms with Crippen molar-refractivity contribution in [1.82, 2.24) is 4.31 Å². The van der Waals surface area contributed by atoms with Crippen LogP contribution in [0.3, 0.4) is 0 Å². The second kappa shape index (κ2) is 5.22. The maximum atomic E-state index is 12.6. The predicted molar refractivity (Wildman–Crippen MR) is 82.5 cm³/mol. The molecule has 0 aromatic carbocycles. The third-order valence-corrected chi connectivity index (χ3v) is 6.49. The largest absolute Gasteiger partial charge is 0.372 e. The van der Waals surface area contributed by atoms with Crippen molar-refractivity contribution >= 4 is 11.0 Å². The molecule has 3 heterocycles. The third-order valence-electron chi connectivity index (χ3n) is 4.64. The van der Waals surface area contributed by atoms with Gasteiger partial charge in [-0.2, -0.15) is 0 Å². The van der Waals surface area contributed by atoms with Crippen LogP contribution in [0.1, 0.15) is 41.0 Å². The predicted octanol–water partition coefficient (Wildman–Crippen LogP) is 1.42. The van der Waals surface area contributed by atoms with E-state index in [1.165, 1.54) is 0 Å². The highest BCUT2D eigenvalue weighted by atomic mass is 32.2. The molecular weight excluding hydrogens is 306 g/mol. The van der Waals surface area contributed by atoms with Gasteiger partial charge in [0, 0.05) is 20.2 Å². The molecule has 0 radical (unpaired) electrons. The molecule has 22 heavy (non-hydrogen) atoms. The summed E-state index contributed by atoms with van der Waals surface area (Å²) in [4.78, 5) is 0. The molecule has 0 aromatic rings. The minimum atomic E-state index is -1.06. The van der Waals surface area contributed by atoms with E-state index < -0.39 is 28.7 Å².